The average molecular weight is 248 g/mol. The molecule has 0 bridgehead atoms. The van der Waals surface area contributed by atoms with Crippen molar-refractivity contribution in [2.24, 2.45) is 5.92 Å². The van der Waals surface area contributed by atoms with Gasteiger partial charge in [-0.1, -0.05) is 52.4 Å². The van der Waals surface area contributed by atoms with Crippen molar-refractivity contribution < 1.29 is 0 Å². The van der Waals surface area contributed by atoms with Crippen molar-refractivity contribution in [2.75, 3.05) is 0 Å². The summed E-state index contributed by atoms with van der Waals surface area (Å²) in [5.41, 5.74) is 1.36. The first-order valence-electron chi connectivity index (χ1n) is 7.71. The van der Waals surface area contributed by atoms with Crippen LogP contribution in [0.2, 0.25) is 0 Å². The van der Waals surface area contributed by atoms with Crippen LogP contribution in [-0.2, 0) is 0 Å². The number of rotatable bonds is 6. The Kier molecular flexibility index (Phi) is 4.85. The van der Waals surface area contributed by atoms with Crippen LogP contribution >= 0.6 is 0 Å². The number of aromatic nitrogens is 2. The molecule has 1 aromatic rings. The third kappa shape index (κ3) is 3.60. The van der Waals surface area contributed by atoms with Gasteiger partial charge in [0.05, 0.1) is 6.20 Å². The van der Waals surface area contributed by atoms with Crippen molar-refractivity contribution in [3.8, 4) is 0 Å². The minimum Gasteiger partial charge on any atom is -0.270 e. The highest BCUT2D eigenvalue weighted by Gasteiger charge is 2.15. The minimum absolute atomic E-state index is 0.555. The zero-order valence-corrected chi connectivity index (χ0v) is 12.2. The molecule has 0 amide bonds. The van der Waals surface area contributed by atoms with Crippen LogP contribution in [-0.4, -0.2) is 9.78 Å². The molecule has 2 heteroatoms. The summed E-state index contributed by atoms with van der Waals surface area (Å²) >= 11 is 0. The van der Waals surface area contributed by atoms with E-state index in [-0.39, 0.29) is 0 Å². The van der Waals surface area contributed by atoms with Gasteiger partial charge < -0.3 is 0 Å². The molecule has 1 saturated carbocycles. The van der Waals surface area contributed by atoms with E-state index in [0.29, 0.717) is 12.0 Å². The largest absolute Gasteiger partial charge is 0.270 e. The molecule has 0 N–H and O–H groups in total. The highest BCUT2D eigenvalue weighted by atomic mass is 15.3. The predicted molar refractivity (Wildman–Crippen MR) is 76.8 cm³/mol. The van der Waals surface area contributed by atoms with Crippen LogP contribution in [0.15, 0.2) is 12.4 Å². The van der Waals surface area contributed by atoms with Gasteiger partial charge in [-0.2, -0.15) is 5.10 Å². The Hall–Kier alpha value is -0.790. The Balaban J connectivity index is 1.74. The summed E-state index contributed by atoms with van der Waals surface area (Å²) in [4.78, 5) is 0. The molecule has 2 rings (SSSR count). The fourth-order valence-electron chi connectivity index (χ4n) is 3.03. The second-order valence-corrected chi connectivity index (χ2v) is 6.34. The van der Waals surface area contributed by atoms with E-state index in [1.54, 1.807) is 0 Å². The third-order valence-corrected chi connectivity index (χ3v) is 4.45. The SMILES string of the molecule is CC(C)c1cnn(C(C)CCCC2CCCC2)c1. The van der Waals surface area contributed by atoms with Crippen LogP contribution < -0.4 is 0 Å². The van der Waals surface area contributed by atoms with E-state index in [1.165, 1.54) is 50.5 Å². The maximum atomic E-state index is 4.50. The Morgan fingerprint density at radius 3 is 2.61 bits per heavy atom. The second-order valence-electron chi connectivity index (χ2n) is 6.34. The molecule has 1 aromatic heterocycles. The lowest BCUT2D eigenvalue weighted by Gasteiger charge is -2.14. The van der Waals surface area contributed by atoms with E-state index in [9.17, 15) is 0 Å². The van der Waals surface area contributed by atoms with Crippen LogP contribution in [0.1, 0.15) is 83.2 Å². The van der Waals surface area contributed by atoms with E-state index < -0.39 is 0 Å². The molecule has 0 aromatic carbocycles. The molecule has 1 aliphatic carbocycles. The van der Waals surface area contributed by atoms with Gasteiger partial charge in [-0.25, -0.2) is 0 Å². The molecule has 1 unspecified atom stereocenters. The molecule has 2 nitrogen and oxygen atoms in total. The highest BCUT2D eigenvalue weighted by Crippen LogP contribution is 2.30. The van der Waals surface area contributed by atoms with Crippen molar-refractivity contribution in [1.29, 1.82) is 0 Å². The van der Waals surface area contributed by atoms with Crippen LogP contribution in [0, 0.1) is 5.92 Å². The van der Waals surface area contributed by atoms with Gasteiger partial charge in [0.2, 0.25) is 0 Å². The van der Waals surface area contributed by atoms with Crippen molar-refractivity contribution in [3.63, 3.8) is 0 Å². The highest BCUT2D eigenvalue weighted by molar-refractivity contribution is 5.09. The van der Waals surface area contributed by atoms with E-state index >= 15 is 0 Å². The molecule has 1 fully saturated rings. The topological polar surface area (TPSA) is 17.8 Å². The monoisotopic (exact) mass is 248 g/mol. The smallest absolute Gasteiger partial charge is 0.0524 e. The summed E-state index contributed by atoms with van der Waals surface area (Å²) in [6, 6.07) is 0.555. The average Bonchev–Trinajstić information content (AvgIpc) is 2.99. The summed E-state index contributed by atoms with van der Waals surface area (Å²) in [6.45, 7) is 6.75. The van der Waals surface area contributed by atoms with Gasteiger partial charge in [0.25, 0.3) is 0 Å². The first kappa shape index (κ1) is 13.6. The van der Waals surface area contributed by atoms with Gasteiger partial charge >= 0.3 is 0 Å². The van der Waals surface area contributed by atoms with E-state index in [4.69, 9.17) is 0 Å². The molecule has 102 valence electrons. The second kappa shape index (κ2) is 6.40. The van der Waals surface area contributed by atoms with Crippen molar-refractivity contribution in [1.82, 2.24) is 9.78 Å². The Bertz CT molecular complexity index is 348. The summed E-state index contributed by atoms with van der Waals surface area (Å²) in [5, 5.41) is 4.50. The Morgan fingerprint density at radius 1 is 1.28 bits per heavy atom. The number of hydrogen-bond donors (Lipinski definition) is 0. The van der Waals surface area contributed by atoms with Gasteiger partial charge in [-0.3, -0.25) is 4.68 Å². The summed E-state index contributed by atoms with van der Waals surface area (Å²) in [7, 11) is 0. The summed E-state index contributed by atoms with van der Waals surface area (Å²) in [6.07, 6.45) is 14.2. The molecular formula is C16H28N2. The predicted octanol–water partition coefficient (Wildman–Crippen LogP) is 4.93. The maximum Gasteiger partial charge on any atom is 0.0524 e. The first-order chi connectivity index (χ1) is 8.66. The van der Waals surface area contributed by atoms with E-state index in [1.807, 2.05) is 6.20 Å². The Labute approximate surface area is 112 Å². The Morgan fingerprint density at radius 2 is 2.00 bits per heavy atom. The van der Waals surface area contributed by atoms with E-state index in [2.05, 4.69) is 36.7 Å². The standard InChI is InChI=1S/C16H28N2/c1-13(2)16-11-17-18(12-16)14(3)7-6-10-15-8-4-5-9-15/h11-15H,4-10H2,1-3H3. The van der Waals surface area contributed by atoms with Crippen LogP contribution in [0.5, 0.6) is 0 Å². The number of nitrogens with zero attached hydrogens (tertiary/aromatic N) is 2. The van der Waals surface area contributed by atoms with Gasteiger partial charge in [0.1, 0.15) is 0 Å². The molecule has 0 saturated heterocycles. The molecule has 1 heterocycles. The van der Waals surface area contributed by atoms with Crippen molar-refractivity contribution >= 4 is 0 Å². The van der Waals surface area contributed by atoms with Gasteiger partial charge in [-0.15, -0.1) is 0 Å². The fraction of sp³-hybridized carbons (Fsp3) is 0.812. The molecule has 1 aliphatic rings. The van der Waals surface area contributed by atoms with Crippen molar-refractivity contribution in [2.45, 2.75) is 77.7 Å². The normalized spacial score (nSPS) is 18.7. The lowest BCUT2D eigenvalue weighted by molar-refractivity contribution is 0.401. The third-order valence-electron chi connectivity index (χ3n) is 4.45. The van der Waals surface area contributed by atoms with Crippen LogP contribution in [0.25, 0.3) is 0 Å². The van der Waals surface area contributed by atoms with Gasteiger partial charge in [-0.05, 0) is 30.7 Å². The molecule has 0 radical (unpaired) electrons. The fourth-order valence-corrected chi connectivity index (χ4v) is 3.03. The first-order valence-corrected chi connectivity index (χ1v) is 7.71. The summed E-state index contributed by atoms with van der Waals surface area (Å²) in [5.74, 6) is 1.62. The minimum atomic E-state index is 0.555. The van der Waals surface area contributed by atoms with Gasteiger partial charge in [0, 0.05) is 12.2 Å². The number of hydrogen-bond acceptors (Lipinski definition) is 1. The zero-order chi connectivity index (χ0) is 13.0. The van der Waals surface area contributed by atoms with Crippen LogP contribution in [0.3, 0.4) is 0 Å². The van der Waals surface area contributed by atoms with Crippen molar-refractivity contribution in [3.05, 3.63) is 18.0 Å². The molecule has 0 spiro atoms. The lowest BCUT2D eigenvalue weighted by Crippen LogP contribution is -2.06. The van der Waals surface area contributed by atoms with E-state index in [0.717, 1.165) is 5.92 Å². The maximum absolute atomic E-state index is 4.50. The molecule has 0 aliphatic heterocycles. The summed E-state index contributed by atoms with van der Waals surface area (Å²) < 4.78 is 2.16. The van der Waals surface area contributed by atoms with Gasteiger partial charge in [0.15, 0.2) is 0 Å². The quantitative estimate of drug-likeness (QED) is 0.698. The molecular weight excluding hydrogens is 220 g/mol. The lowest BCUT2D eigenvalue weighted by atomic mass is 9.99. The molecule has 18 heavy (non-hydrogen) atoms. The van der Waals surface area contributed by atoms with Crippen LogP contribution in [0.4, 0.5) is 0 Å². The zero-order valence-electron chi connectivity index (χ0n) is 12.2. The molecule has 1 atom stereocenters.